The maximum Gasteiger partial charge on any atom is 0.343 e. The minimum absolute atomic E-state index is 0.370. The van der Waals surface area contributed by atoms with Gasteiger partial charge in [-0.25, -0.2) is 4.79 Å². The molecule has 0 aromatic heterocycles. The largest absolute Gasteiger partial charge is 0.486 e. The van der Waals surface area contributed by atoms with Crippen molar-refractivity contribution in [3.8, 4) is 11.5 Å². The average molecular weight is 220 g/mol. The first kappa shape index (κ1) is 10.7. The molecule has 0 saturated carbocycles. The van der Waals surface area contributed by atoms with Crippen LogP contribution in [0.2, 0.25) is 0 Å². The lowest BCUT2D eigenvalue weighted by Crippen LogP contribution is -2.15. The molecule has 16 heavy (non-hydrogen) atoms. The molecule has 4 nitrogen and oxygen atoms in total. The summed E-state index contributed by atoms with van der Waals surface area (Å²) in [4.78, 5) is 11.4. The number of ether oxygens (including phenoxy) is 3. The van der Waals surface area contributed by atoms with E-state index in [0.717, 1.165) is 0 Å². The fraction of sp³-hybridized carbons (Fsp3) is 0.250. The van der Waals surface area contributed by atoms with Crippen LogP contribution in [0.5, 0.6) is 11.5 Å². The smallest absolute Gasteiger partial charge is 0.343 e. The van der Waals surface area contributed by atoms with E-state index in [2.05, 4.69) is 6.58 Å². The highest BCUT2D eigenvalue weighted by atomic mass is 16.6. The monoisotopic (exact) mass is 220 g/mol. The molecule has 0 spiro atoms. The first-order valence-electron chi connectivity index (χ1n) is 4.97. The average Bonchev–Trinajstić information content (AvgIpc) is 3.11. The topological polar surface area (TPSA) is 48.1 Å². The summed E-state index contributed by atoms with van der Waals surface area (Å²) in [6.45, 7) is 4.36. The second kappa shape index (κ2) is 4.81. The van der Waals surface area contributed by atoms with E-state index >= 15 is 0 Å². The number of carbonyl (C=O) groups is 1. The van der Waals surface area contributed by atoms with E-state index in [0.29, 0.717) is 24.7 Å². The Kier molecular flexibility index (Phi) is 3.22. The predicted octanol–water partition coefficient (Wildman–Crippen LogP) is 1.56. The van der Waals surface area contributed by atoms with Crippen LogP contribution < -0.4 is 9.47 Å². The fourth-order valence-electron chi connectivity index (χ4n) is 1.16. The first-order valence-corrected chi connectivity index (χ1v) is 4.97. The molecule has 1 aliphatic rings. The summed E-state index contributed by atoms with van der Waals surface area (Å²) in [7, 11) is 0. The van der Waals surface area contributed by atoms with Gasteiger partial charge in [0.15, 0.2) is 17.6 Å². The van der Waals surface area contributed by atoms with Crippen molar-refractivity contribution in [2.24, 2.45) is 0 Å². The highest BCUT2D eigenvalue weighted by Gasteiger charge is 2.33. The van der Waals surface area contributed by atoms with Crippen LogP contribution in [0.3, 0.4) is 0 Å². The minimum atomic E-state index is -0.410. The molecule has 4 heteroatoms. The molecule has 1 fully saturated rings. The maximum absolute atomic E-state index is 11.4. The van der Waals surface area contributed by atoms with Crippen LogP contribution in [0.25, 0.3) is 0 Å². The molecule has 0 aliphatic carbocycles. The quantitative estimate of drug-likeness (QED) is 0.327. The van der Waals surface area contributed by atoms with Gasteiger partial charge < -0.3 is 14.2 Å². The number of benzene rings is 1. The van der Waals surface area contributed by atoms with E-state index < -0.39 is 6.10 Å². The van der Waals surface area contributed by atoms with Crippen molar-refractivity contribution in [2.45, 2.75) is 6.10 Å². The number of epoxide rings is 1. The second-order valence-electron chi connectivity index (χ2n) is 3.29. The van der Waals surface area contributed by atoms with Gasteiger partial charge in [0, 0.05) is 0 Å². The van der Waals surface area contributed by atoms with Gasteiger partial charge in [0.25, 0.3) is 0 Å². The van der Waals surface area contributed by atoms with E-state index in [9.17, 15) is 4.79 Å². The zero-order chi connectivity index (χ0) is 11.4. The molecule has 0 amide bonds. The van der Waals surface area contributed by atoms with Gasteiger partial charge in [-0.1, -0.05) is 24.8 Å². The Bertz CT molecular complexity index is 396. The lowest BCUT2D eigenvalue weighted by atomic mass is 10.3. The van der Waals surface area contributed by atoms with Crippen LogP contribution in [-0.2, 0) is 9.53 Å². The molecule has 2 rings (SSSR count). The van der Waals surface area contributed by atoms with Crippen molar-refractivity contribution in [2.75, 3.05) is 13.2 Å². The van der Waals surface area contributed by atoms with Crippen molar-refractivity contribution < 1.29 is 19.0 Å². The second-order valence-corrected chi connectivity index (χ2v) is 3.29. The van der Waals surface area contributed by atoms with Gasteiger partial charge in [0.1, 0.15) is 6.61 Å². The number of hydrogen-bond donors (Lipinski definition) is 0. The molecule has 0 bridgehead atoms. The van der Waals surface area contributed by atoms with Gasteiger partial charge in [-0.3, -0.25) is 0 Å². The summed E-state index contributed by atoms with van der Waals surface area (Å²) < 4.78 is 15.3. The summed E-state index contributed by atoms with van der Waals surface area (Å²) in [6.07, 6.45) is 1.22. The Morgan fingerprint density at radius 1 is 1.50 bits per heavy atom. The summed E-state index contributed by atoms with van der Waals surface area (Å²) in [5.41, 5.74) is 0. The number of para-hydroxylation sites is 2. The molecular weight excluding hydrogens is 208 g/mol. The molecule has 1 atom stereocenters. The Morgan fingerprint density at radius 3 is 2.81 bits per heavy atom. The van der Waals surface area contributed by atoms with E-state index in [4.69, 9.17) is 14.2 Å². The Labute approximate surface area is 93.4 Å². The molecule has 0 N–H and O–H groups in total. The van der Waals surface area contributed by atoms with Crippen LogP contribution in [0.15, 0.2) is 36.9 Å². The van der Waals surface area contributed by atoms with Crippen molar-refractivity contribution in [1.29, 1.82) is 0 Å². The van der Waals surface area contributed by atoms with Gasteiger partial charge in [-0.15, -0.1) is 0 Å². The zero-order valence-corrected chi connectivity index (χ0v) is 8.72. The van der Waals surface area contributed by atoms with E-state index in [-0.39, 0.29) is 5.97 Å². The molecular formula is C12H12O4. The van der Waals surface area contributed by atoms with Crippen LogP contribution in [0.1, 0.15) is 0 Å². The standard InChI is InChI=1S/C12H12O4/c1-2-7-14-9-5-3-4-6-10(9)16-12(13)11-8-15-11/h2-6,11H,1,7-8H2. The van der Waals surface area contributed by atoms with E-state index in [1.165, 1.54) is 0 Å². The lowest BCUT2D eigenvalue weighted by molar-refractivity contribution is -0.135. The SMILES string of the molecule is C=CCOc1ccccc1OC(=O)C1CO1. The third-order valence-corrected chi connectivity index (χ3v) is 2.01. The van der Waals surface area contributed by atoms with Crippen molar-refractivity contribution >= 4 is 5.97 Å². The van der Waals surface area contributed by atoms with Crippen molar-refractivity contribution in [3.63, 3.8) is 0 Å². The molecule has 1 aromatic carbocycles. The van der Waals surface area contributed by atoms with Gasteiger partial charge in [-0.05, 0) is 12.1 Å². The first-order chi connectivity index (χ1) is 7.81. The van der Waals surface area contributed by atoms with Gasteiger partial charge >= 0.3 is 5.97 Å². The highest BCUT2D eigenvalue weighted by Crippen LogP contribution is 2.27. The Hall–Kier alpha value is -1.81. The summed E-state index contributed by atoms with van der Waals surface area (Å²) in [5.74, 6) is 0.552. The van der Waals surface area contributed by atoms with Crippen molar-refractivity contribution in [1.82, 2.24) is 0 Å². The summed E-state index contributed by atoms with van der Waals surface area (Å²) in [5, 5.41) is 0. The third kappa shape index (κ3) is 2.61. The number of carbonyl (C=O) groups excluding carboxylic acids is 1. The van der Waals surface area contributed by atoms with Gasteiger partial charge in [0.05, 0.1) is 6.61 Å². The molecule has 1 aliphatic heterocycles. The highest BCUT2D eigenvalue weighted by molar-refractivity contribution is 5.79. The Balaban J connectivity index is 2.05. The lowest BCUT2D eigenvalue weighted by Gasteiger charge is -2.09. The summed E-state index contributed by atoms with van der Waals surface area (Å²) in [6, 6.07) is 7.00. The van der Waals surface area contributed by atoms with Crippen molar-refractivity contribution in [3.05, 3.63) is 36.9 Å². The van der Waals surface area contributed by atoms with Crippen LogP contribution in [0, 0.1) is 0 Å². The third-order valence-electron chi connectivity index (χ3n) is 2.01. The molecule has 84 valence electrons. The van der Waals surface area contributed by atoms with Crippen LogP contribution in [-0.4, -0.2) is 25.3 Å². The maximum atomic E-state index is 11.4. The summed E-state index contributed by atoms with van der Waals surface area (Å²) >= 11 is 0. The molecule has 1 heterocycles. The van der Waals surface area contributed by atoms with Crippen LogP contribution in [0.4, 0.5) is 0 Å². The molecule has 1 aromatic rings. The van der Waals surface area contributed by atoms with Gasteiger partial charge in [-0.2, -0.15) is 0 Å². The molecule has 0 radical (unpaired) electrons. The number of esters is 1. The van der Waals surface area contributed by atoms with Crippen LogP contribution >= 0.6 is 0 Å². The van der Waals surface area contributed by atoms with E-state index in [1.807, 2.05) is 6.07 Å². The minimum Gasteiger partial charge on any atom is -0.486 e. The number of hydrogen-bond acceptors (Lipinski definition) is 4. The molecule has 1 saturated heterocycles. The predicted molar refractivity (Wildman–Crippen MR) is 57.5 cm³/mol. The zero-order valence-electron chi connectivity index (χ0n) is 8.72. The normalized spacial score (nSPS) is 17.6. The van der Waals surface area contributed by atoms with Gasteiger partial charge in [0.2, 0.25) is 0 Å². The molecule has 1 unspecified atom stereocenters. The fourth-order valence-corrected chi connectivity index (χ4v) is 1.16. The number of rotatable bonds is 5. The Morgan fingerprint density at radius 2 is 2.19 bits per heavy atom. The van der Waals surface area contributed by atoms with E-state index in [1.54, 1.807) is 24.3 Å².